The zero-order chi connectivity index (χ0) is 23.6. The van der Waals surface area contributed by atoms with Gasteiger partial charge < -0.3 is 10.1 Å². The molecule has 33 heavy (non-hydrogen) atoms. The number of hydrogen-bond acceptors (Lipinski definition) is 5. The summed E-state index contributed by atoms with van der Waals surface area (Å²) in [5.74, 6) is 0.954. The predicted molar refractivity (Wildman–Crippen MR) is 127 cm³/mol. The van der Waals surface area contributed by atoms with Crippen molar-refractivity contribution in [3.05, 3.63) is 59.0 Å². The van der Waals surface area contributed by atoms with Crippen molar-refractivity contribution in [3.8, 4) is 17.1 Å². The van der Waals surface area contributed by atoms with Crippen LogP contribution in [-0.4, -0.2) is 37.9 Å². The molecule has 1 saturated carbocycles. The molecule has 0 aliphatic heterocycles. The number of methoxy groups -OCH3 is 1. The molecule has 1 N–H and O–H groups in total. The third-order valence-corrected chi connectivity index (χ3v) is 6.41. The standard InChI is InChI=1S/C25H32FN5O2/c1-17-5-9-19(10-6-17)28-23-27-14-13-21(29-23)22-15-30(16-25(2,3)33-4)24(32)31(22)20-11-7-18(26)8-12-20/h7-8,11-15,17,19H,5-6,9-10,16H2,1-4H3,(H,27,28,29)/t17-,19-. The van der Waals surface area contributed by atoms with Crippen molar-refractivity contribution in [1.29, 1.82) is 0 Å². The van der Waals surface area contributed by atoms with E-state index >= 15 is 0 Å². The fraction of sp³-hybridized carbons (Fsp3) is 0.480. The summed E-state index contributed by atoms with van der Waals surface area (Å²) in [4.78, 5) is 22.5. The molecule has 8 heteroatoms. The molecule has 2 heterocycles. The van der Waals surface area contributed by atoms with Crippen molar-refractivity contribution in [2.45, 2.75) is 64.6 Å². The van der Waals surface area contributed by atoms with Crippen LogP contribution in [0.15, 0.2) is 47.5 Å². The lowest BCUT2D eigenvalue weighted by Gasteiger charge is -2.26. The zero-order valence-corrected chi connectivity index (χ0v) is 19.7. The van der Waals surface area contributed by atoms with Crippen molar-refractivity contribution >= 4 is 5.95 Å². The second-order valence-corrected chi connectivity index (χ2v) is 9.57. The van der Waals surface area contributed by atoms with Crippen molar-refractivity contribution < 1.29 is 9.13 Å². The molecular weight excluding hydrogens is 421 g/mol. The van der Waals surface area contributed by atoms with Gasteiger partial charge in [-0.2, -0.15) is 0 Å². The summed E-state index contributed by atoms with van der Waals surface area (Å²) in [5, 5.41) is 3.46. The number of ether oxygens (including phenoxy) is 1. The van der Waals surface area contributed by atoms with Crippen LogP contribution in [0.25, 0.3) is 17.1 Å². The first-order valence-electron chi connectivity index (χ1n) is 11.5. The summed E-state index contributed by atoms with van der Waals surface area (Å²) in [6.07, 6.45) is 8.06. The van der Waals surface area contributed by atoms with Crippen LogP contribution in [0.4, 0.5) is 10.3 Å². The molecule has 3 aromatic rings. The summed E-state index contributed by atoms with van der Waals surface area (Å²) < 4.78 is 22.3. The van der Waals surface area contributed by atoms with Crippen LogP contribution in [-0.2, 0) is 11.3 Å². The van der Waals surface area contributed by atoms with E-state index < -0.39 is 5.60 Å². The van der Waals surface area contributed by atoms with Crippen LogP contribution >= 0.6 is 0 Å². The Morgan fingerprint density at radius 2 is 1.85 bits per heavy atom. The first kappa shape index (κ1) is 23.2. The number of rotatable bonds is 7. The maximum Gasteiger partial charge on any atom is 0.333 e. The zero-order valence-electron chi connectivity index (χ0n) is 19.7. The van der Waals surface area contributed by atoms with Gasteiger partial charge in [-0.1, -0.05) is 6.92 Å². The molecule has 0 radical (unpaired) electrons. The normalized spacial score (nSPS) is 18.9. The number of nitrogens with one attached hydrogen (secondary N) is 1. The lowest BCUT2D eigenvalue weighted by atomic mass is 9.87. The Labute approximate surface area is 193 Å². The summed E-state index contributed by atoms with van der Waals surface area (Å²) in [6.45, 7) is 6.50. The van der Waals surface area contributed by atoms with E-state index in [1.165, 1.54) is 25.0 Å². The van der Waals surface area contributed by atoms with Gasteiger partial charge in [0.2, 0.25) is 5.95 Å². The molecule has 7 nitrogen and oxygen atoms in total. The third-order valence-electron chi connectivity index (χ3n) is 6.41. The van der Waals surface area contributed by atoms with Gasteiger partial charge in [0, 0.05) is 25.5 Å². The number of imidazole rings is 1. The minimum absolute atomic E-state index is 0.240. The number of benzene rings is 1. The van der Waals surface area contributed by atoms with E-state index in [0.717, 1.165) is 18.8 Å². The van der Waals surface area contributed by atoms with Gasteiger partial charge in [0.25, 0.3) is 0 Å². The molecule has 1 aliphatic rings. The lowest BCUT2D eigenvalue weighted by Crippen LogP contribution is -2.34. The summed E-state index contributed by atoms with van der Waals surface area (Å²) >= 11 is 0. The van der Waals surface area contributed by atoms with Gasteiger partial charge in [-0.3, -0.25) is 9.13 Å². The Kier molecular flexibility index (Phi) is 6.65. The minimum atomic E-state index is -0.535. The molecule has 4 rings (SSSR count). The molecule has 0 unspecified atom stereocenters. The van der Waals surface area contributed by atoms with E-state index in [9.17, 15) is 9.18 Å². The molecule has 2 aromatic heterocycles. The van der Waals surface area contributed by atoms with Crippen molar-refractivity contribution in [1.82, 2.24) is 19.1 Å². The van der Waals surface area contributed by atoms with Crippen molar-refractivity contribution in [3.63, 3.8) is 0 Å². The molecule has 0 atom stereocenters. The number of hydrogen-bond donors (Lipinski definition) is 1. The fourth-order valence-electron chi connectivity index (χ4n) is 4.26. The largest absolute Gasteiger partial charge is 0.377 e. The third kappa shape index (κ3) is 5.33. The molecule has 176 valence electrons. The van der Waals surface area contributed by atoms with Crippen molar-refractivity contribution in [2.24, 2.45) is 5.92 Å². The smallest absolute Gasteiger partial charge is 0.333 e. The van der Waals surface area contributed by atoms with E-state index in [1.807, 2.05) is 13.8 Å². The Morgan fingerprint density at radius 1 is 1.15 bits per heavy atom. The first-order valence-corrected chi connectivity index (χ1v) is 11.5. The summed E-state index contributed by atoms with van der Waals surface area (Å²) in [6, 6.07) is 8.01. The van der Waals surface area contributed by atoms with Crippen LogP contribution in [0.3, 0.4) is 0 Å². The average molecular weight is 454 g/mol. The number of anilines is 1. The minimum Gasteiger partial charge on any atom is -0.377 e. The molecule has 1 aromatic carbocycles. The van der Waals surface area contributed by atoms with Crippen LogP contribution in [0.2, 0.25) is 0 Å². The van der Waals surface area contributed by atoms with Gasteiger partial charge in [0.15, 0.2) is 0 Å². The summed E-state index contributed by atoms with van der Waals surface area (Å²) in [7, 11) is 1.62. The van der Waals surface area contributed by atoms with Gasteiger partial charge in [-0.15, -0.1) is 0 Å². The highest BCUT2D eigenvalue weighted by atomic mass is 19.1. The lowest BCUT2D eigenvalue weighted by molar-refractivity contribution is 0.00739. The monoisotopic (exact) mass is 453 g/mol. The van der Waals surface area contributed by atoms with E-state index in [2.05, 4.69) is 17.2 Å². The molecule has 0 bridgehead atoms. The second-order valence-electron chi connectivity index (χ2n) is 9.57. The topological polar surface area (TPSA) is 74.0 Å². The summed E-state index contributed by atoms with van der Waals surface area (Å²) in [5.41, 5.74) is 1.02. The Balaban J connectivity index is 1.73. The highest BCUT2D eigenvalue weighted by molar-refractivity contribution is 5.59. The van der Waals surface area contributed by atoms with Gasteiger partial charge in [-0.25, -0.2) is 19.2 Å². The van der Waals surface area contributed by atoms with Gasteiger partial charge in [-0.05, 0) is 75.8 Å². The Hall–Kier alpha value is -3.00. The quantitative estimate of drug-likeness (QED) is 0.564. The molecular formula is C25H32FN5O2. The van der Waals surface area contributed by atoms with Crippen LogP contribution in [0, 0.1) is 11.7 Å². The van der Waals surface area contributed by atoms with E-state index in [4.69, 9.17) is 9.72 Å². The second kappa shape index (κ2) is 9.47. The SMILES string of the molecule is COC(C)(C)Cn1cc(-c2ccnc(N[C@H]3CC[C@H](C)CC3)n2)n(-c2ccc(F)cc2)c1=O. The van der Waals surface area contributed by atoms with Crippen LogP contribution in [0.5, 0.6) is 0 Å². The molecule has 1 aliphatic carbocycles. The molecule has 1 fully saturated rings. The van der Waals surface area contributed by atoms with Gasteiger partial charge >= 0.3 is 5.69 Å². The highest BCUT2D eigenvalue weighted by Crippen LogP contribution is 2.26. The van der Waals surface area contributed by atoms with E-state index in [-0.39, 0.29) is 11.5 Å². The maximum absolute atomic E-state index is 13.6. The van der Waals surface area contributed by atoms with Gasteiger partial charge in [0.1, 0.15) is 5.82 Å². The van der Waals surface area contributed by atoms with E-state index in [1.54, 1.807) is 46.8 Å². The first-order chi connectivity index (χ1) is 15.8. The Morgan fingerprint density at radius 3 is 2.52 bits per heavy atom. The fourth-order valence-corrected chi connectivity index (χ4v) is 4.26. The van der Waals surface area contributed by atoms with Crippen LogP contribution < -0.4 is 11.0 Å². The number of aromatic nitrogens is 4. The van der Waals surface area contributed by atoms with E-state index in [0.29, 0.717) is 35.6 Å². The Bertz CT molecular complexity index is 1140. The van der Waals surface area contributed by atoms with Crippen LogP contribution in [0.1, 0.15) is 46.5 Å². The predicted octanol–water partition coefficient (Wildman–Crippen LogP) is 4.65. The number of halogens is 1. The molecule has 0 spiro atoms. The molecule has 0 amide bonds. The number of nitrogens with zero attached hydrogens (tertiary/aromatic N) is 4. The van der Waals surface area contributed by atoms with Gasteiger partial charge in [0.05, 0.1) is 29.2 Å². The maximum atomic E-state index is 13.6. The average Bonchev–Trinajstić information content (AvgIpc) is 3.11. The molecule has 0 saturated heterocycles. The highest BCUT2D eigenvalue weighted by Gasteiger charge is 2.23. The van der Waals surface area contributed by atoms with Crippen molar-refractivity contribution in [2.75, 3.05) is 12.4 Å².